The van der Waals surface area contributed by atoms with Crippen molar-refractivity contribution in [1.82, 2.24) is 14.5 Å². The van der Waals surface area contributed by atoms with Gasteiger partial charge in [0.05, 0.1) is 16.7 Å². The smallest absolute Gasteiger partial charge is 0.162 e. The minimum absolute atomic E-state index is 0.0755. The number of fused-ring (bicyclic) bond motifs is 9. The Bertz CT molecular complexity index is 2710. The van der Waals surface area contributed by atoms with Gasteiger partial charge in [0.15, 0.2) is 5.82 Å². The molecule has 3 aromatic heterocycles. The predicted octanol–water partition coefficient (Wildman–Crippen LogP) is 11.6. The van der Waals surface area contributed by atoms with E-state index in [1.807, 2.05) is 17.4 Å². The normalized spacial score (nSPS) is 13.5. The van der Waals surface area contributed by atoms with E-state index in [4.69, 9.17) is 9.97 Å². The molecule has 0 spiro atoms. The summed E-state index contributed by atoms with van der Waals surface area (Å²) in [4.78, 5) is 10.6. The summed E-state index contributed by atoms with van der Waals surface area (Å²) >= 11 is 1.83. The van der Waals surface area contributed by atoms with Gasteiger partial charge in [0.2, 0.25) is 0 Å². The number of aromatic nitrogens is 3. The number of nitrogens with zero attached hydrogens (tertiary/aromatic N) is 3. The molecular formula is C43H29N3S. The molecule has 0 bridgehead atoms. The van der Waals surface area contributed by atoms with E-state index < -0.39 is 0 Å². The lowest BCUT2D eigenvalue weighted by Crippen LogP contribution is -2.14. The van der Waals surface area contributed by atoms with Gasteiger partial charge in [-0.25, -0.2) is 9.97 Å². The highest BCUT2D eigenvalue weighted by molar-refractivity contribution is 7.25. The first-order valence-electron chi connectivity index (χ1n) is 16.1. The van der Waals surface area contributed by atoms with Crippen molar-refractivity contribution in [3.63, 3.8) is 0 Å². The van der Waals surface area contributed by atoms with Crippen molar-refractivity contribution < 1.29 is 0 Å². The van der Waals surface area contributed by atoms with Gasteiger partial charge in [-0.15, -0.1) is 11.3 Å². The highest BCUT2D eigenvalue weighted by Gasteiger charge is 2.36. The van der Waals surface area contributed by atoms with Gasteiger partial charge in [0, 0.05) is 53.6 Å². The van der Waals surface area contributed by atoms with Crippen molar-refractivity contribution in [2.24, 2.45) is 0 Å². The van der Waals surface area contributed by atoms with E-state index in [1.165, 1.54) is 53.2 Å². The van der Waals surface area contributed by atoms with Gasteiger partial charge >= 0.3 is 0 Å². The minimum atomic E-state index is -0.0755. The summed E-state index contributed by atoms with van der Waals surface area (Å²) in [6.07, 6.45) is 0. The molecule has 10 rings (SSSR count). The van der Waals surface area contributed by atoms with E-state index in [0.29, 0.717) is 5.82 Å². The standard InChI is InChI=1S/C43H29N3S/c1-43(2)33-19-9-6-15-27(33)31-24-37-32(23-34(31)43)28-16-7-10-20-36(28)46(37)40-25-35(44-42(45-40)26-13-4-3-5-14-26)29-18-12-22-39-41(29)30-17-8-11-21-38(30)47-39/h3-25H,1-2H3. The number of hydrogen-bond donors (Lipinski definition) is 0. The summed E-state index contributed by atoms with van der Waals surface area (Å²) in [6, 6.07) is 50.2. The van der Waals surface area contributed by atoms with Crippen molar-refractivity contribution in [1.29, 1.82) is 0 Å². The molecule has 1 aliphatic carbocycles. The average Bonchev–Trinajstić information content (AvgIpc) is 3.73. The molecule has 0 radical (unpaired) electrons. The average molecular weight is 620 g/mol. The van der Waals surface area contributed by atoms with Gasteiger partial charge in [-0.3, -0.25) is 4.57 Å². The molecule has 0 saturated heterocycles. The van der Waals surface area contributed by atoms with E-state index >= 15 is 0 Å². The van der Waals surface area contributed by atoms with Gasteiger partial charge in [0.25, 0.3) is 0 Å². The van der Waals surface area contributed by atoms with Crippen LogP contribution in [0, 0.1) is 0 Å². The second kappa shape index (κ2) is 9.71. The Morgan fingerprint density at radius 3 is 2.15 bits per heavy atom. The third kappa shape index (κ3) is 3.79. The van der Waals surface area contributed by atoms with Gasteiger partial charge < -0.3 is 0 Å². The van der Waals surface area contributed by atoms with Crippen LogP contribution in [0.2, 0.25) is 0 Å². The van der Waals surface area contributed by atoms with Crippen LogP contribution < -0.4 is 0 Å². The SMILES string of the molecule is CC1(C)c2ccccc2-c2cc3c(cc21)c1ccccc1n3-c1cc(-c2cccc3sc4ccccc4c23)nc(-c2ccccc2)n1. The molecule has 222 valence electrons. The van der Waals surface area contributed by atoms with Gasteiger partial charge in [-0.1, -0.05) is 117 Å². The van der Waals surface area contributed by atoms with E-state index in [9.17, 15) is 0 Å². The summed E-state index contributed by atoms with van der Waals surface area (Å²) in [7, 11) is 0. The maximum absolute atomic E-state index is 5.32. The van der Waals surface area contributed by atoms with Crippen LogP contribution in [0.25, 0.3) is 81.6 Å². The summed E-state index contributed by atoms with van der Waals surface area (Å²) < 4.78 is 4.90. The molecule has 6 aromatic carbocycles. The molecule has 0 N–H and O–H groups in total. The van der Waals surface area contributed by atoms with Crippen molar-refractivity contribution in [3.05, 3.63) is 151 Å². The summed E-state index contributed by atoms with van der Waals surface area (Å²) in [6.45, 7) is 4.69. The van der Waals surface area contributed by atoms with Crippen molar-refractivity contribution in [2.45, 2.75) is 19.3 Å². The Morgan fingerprint density at radius 1 is 0.532 bits per heavy atom. The van der Waals surface area contributed by atoms with Crippen LogP contribution in [0.4, 0.5) is 0 Å². The van der Waals surface area contributed by atoms with Gasteiger partial charge in [-0.05, 0) is 52.6 Å². The molecule has 3 nitrogen and oxygen atoms in total. The first kappa shape index (κ1) is 26.6. The van der Waals surface area contributed by atoms with Crippen LogP contribution in [0.15, 0.2) is 140 Å². The monoisotopic (exact) mass is 619 g/mol. The second-order valence-electron chi connectivity index (χ2n) is 13.0. The topological polar surface area (TPSA) is 30.7 Å². The molecule has 0 amide bonds. The largest absolute Gasteiger partial charge is 0.294 e. The van der Waals surface area contributed by atoms with Crippen LogP contribution in [0.5, 0.6) is 0 Å². The van der Waals surface area contributed by atoms with Crippen molar-refractivity contribution >= 4 is 53.3 Å². The zero-order chi connectivity index (χ0) is 31.3. The van der Waals surface area contributed by atoms with Crippen molar-refractivity contribution in [2.75, 3.05) is 0 Å². The van der Waals surface area contributed by atoms with Gasteiger partial charge in [0.1, 0.15) is 5.82 Å². The van der Waals surface area contributed by atoms with Crippen LogP contribution in [-0.4, -0.2) is 14.5 Å². The Hall–Kier alpha value is -5.58. The van der Waals surface area contributed by atoms with E-state index in [1.54, 1.807) is 0 Å². The van der Waals surface area contributed by atoms with E-state index in [-0.39, 0.29) is 5.41 Å². The molecule has 9 aromatic rings. The first-order chi connectivity index (χ1) is 23.1. The molecule has 47 heavy (non-hydrogen) atoms. The van der Waals surface area contributed by atoms with Gasteiger partial charge in [-0.2, -0.15) is 0 Å². The zero-order valence-corrected chi connectivity index (χ0v) is 26.8. The maximum Gasteiger partial charge on any atom is 0.162 e. The molecule has 0 aliphatic heterocycles. The molecule has 0 fully saturated rings. The first-order valence-corrected chi connectivity index (χ1v) is 16.9. The van der Waals surface area contributed by atoms with E-state index in [0.717, 1.165) is 33.7 Å². The number of benzene rings is 6. The van der Waals surface area contributed by atoms with Crippen molar-refractivity contribution in [3.8, 4) is 39.6 Å². The maximum atomic E-state index is 5.32. The van der Waals surface area contributed by atoms with Crippen LogP contribution in [-0.2, 0) is 5.41 Å². The minimum Gasteiger partial charge on any atom is -0.294 e. The lowest BCUT2D eigenvalue weighted by atomic mass is 9.82. The predicted molar refractivity (Wildman–Crippen MR) is 198 cm³/mol. The highest BCUT2D eigenvalue weighted by atomic mass is 32.1. The van der Waals surface area contributed by atoms with Crippen LogP contribution >= 0.6 is 11.3 Å². The number of rotatable bonds is 3. The lowest BCUT2D eigenvalue weighted by molar-refractivity contribution is 0.661. The Labute approximate surface area is 276 Å². The Kier molecular flexibility index (Phi) is 5.50. The molecule has 0 atom stereocenters. The number of para-hydroxylation sites is 1. The summed E-state index contributed by atoms with van der Waals surface area (Å²) in [5.41, 5.74) is 10.6. The number of hydrogen-bond acceptors (Lipinski definition) is 3. The van der Waals surface area contributed by atoms with E-state index in [2.05, 4.69) is 152 Å². The van der Waals surface area contributed by atoms with Crippen LogP contribution in [0.1, 0.15) is 25.0 Å². The second-order valence-corrected chi connectivity index (χ2v) is 14.1. The zero-order valence-electron chi connectivity index (χ0n) is 26.0. The third-order valence-corrected chi connectivity index (χ3v) is 11.2. The fourth-order valence-corrected chi connectivity index (χ4v) is 8.93. The fourth-order valence-electron chi connectivity index (χ4n) is 7.80. The summed E-state index contributed by atoms with van der Waals surface area (Å²) in [5, 5.41) is 4.98. The molecular weight excluding hydrogens is 591 g/mol. The number of thiophene rings is 1. The molecule has 1 aliphatic rings. The molecule has 0 unspecified atom stereocenters. The highest BCUT2D eigenvalue weighted by Crippen LogP contribution is 2.51. The molecule has 0 saturated carbocycles. The Balaban J connectivity index is 1.31. The molecule has 4 heteroatoms. The third-order valence-electron chi connectivity index (χ3n) is 10.0. The Morgan fingerprint density at radius 2 is 1.26 bits per heavy atom. The summed E-state index contributed by atoms with van der Waals surface area (Å²) in [5.74, 6) is 1.58. The van der Waals surface area contributed by atoms with Crippen LogP contribution in [0.3, 0.4) is 0 Å². The quantitative estimate of drug-likeness (QED) is 0.197. The molecule has 3 heterocycles. The lowest BCUT2D eigenvalue weighted by Gasteiger charge is -2.21. The fraction of sp³-hybridized carbons (Fsp3) is 0.0698.